The number of nitrogens with zero attached hydrogens (tertiary/aromatic N) is 1. The molecule has 7 heteroatoms. The van der Waals surface area contributed by atoms with Gasteiger partial charge in [-0.3, -0.25) is 4.98 Å². The highest BCUT2D eigenvalue weighted by atomic mass is 35.5. The van der Waals surface area contributed by atoms with Crippen molar-refractivity contribution in [3.05, 3.63) is 119 Å². The number of carbonyl (C=O) groups excluding carboxylic acids is 1. The van der Waals surface area contributed by atoms with Crippen LogP contribution in [0.3, 0.4) is 0 Å². The van der Waals surface area contributed by atoms with Crippen molar-refractivity contribution in [2.75, 3.05) is 19.0 Å². The fourth-order valence-electron chi connectivity index (χ4n) is 5.10. The molecule has 0 saturated carbocycles. The molecule has 0 aliphatic heterocycles. The Morgan fingerprint density at radius 3 is 2.23 bits per heavy atom. The van der Waals surface area contributed by atoms with Gasteiger partial charge in [-0.2, -0.15) is 0 Å². The first-order valence-electron chi connectivity index (χ1n) is 13.1. The molecule has 0 saturated heterocycles. The zero-order valence-electron chi connectivity index (χ0n) is 22.2. The first-order valence-corrected chi connectivity index (χ1v) is 13.1. The minimum absolute atomic E-state index is 0. The van der Waals surface area contributed by atoms with E-state index in [0.717, 1.165) is 47.6 Å². The standard InChI is InChI=1S/C32H33N3O3.ClH/c1-3-34-32(36)35-27-11-8-23(9-12-27)29(18-22-14-16-33-17-15-22)26-10-13-30(37-2)31(21-26)38-28-19-24-6-4-5-7-25(24)20-28;/h4-17,21,28-29H,3,18-20H2,1-2H3,(H2,34,35,36);1H/t29-;/m1./s1. The van der Waals surface area contributed by atoms with Crippen LogP contribution < -0.4 is 20.1 Å². The number of ether oxygens (including phenoxy) is 2. The van der Waals surface area contributed by atoms with Gasteiger partial charge >= 0.3 is 6.03 Å². The van der Waals surface area contributed by atoms with Gasteiger partial charge in [0.25, 0.3) is 0 Å². The molecule has 0 fully saturated rings. The average molecular weight is 544 g/mol. The molecule has 6 nitrogen and oxygen atoms in total. The minimum atomic E-state index is -0.209. The molecule has 1 heterocycles. The molecule has 0 radical (unpaired) electrons. The summed E-state index contributed by atoms with van der Waals surface area (Å²) in [5.41, 5.74) is 6.93. The van der Waals surface area contributed by atoms with E-state index < -0.39 is 0 Å². The van der Waals surface area contributed by atoms with Crippen molar-refractivity contribution in [1.82, 2.24) is 10.3 Å². The largest absolute Gasteiger partial charge is 0.493 e. The molecule has 2 N–H and O–H groups in total. The van der Waals surface area contributed by atoms with Crippen LogP contribution in [0.5, 0.6) is 11.5 Å². The van der Waals surface area contributed by atoms with Gasteiger partial charge in [0.15, 0.2) is 11.5 Å². The summed E-state index contributed by atoms with van der Waals surface area (Å²) < 4.78 is 12.2. The lowest BCUT2D eigenvalue weighted by Gasteiger charge is -2.22. The van der Waals surface area contributed by atoms with Gasteiger partial charge in [-0.05, 0) is 77.6 Å². The molecule has 4 aromatic rings. The van der Waals surface area contributed by atoms with Crippen molar-refractivity contribution in [3.8, 4) is 11.5 Å². The van der Waals surface area contributed by atoms with Crippen molar-refractivity contribution in [2.45, 2.75) is 38.2 Å². The Labute approximate surface area is 236 Å². The highest BCUT2D eigenvalue weighted by molar-refractivity contribution is 5.89. The number of halogens is 1. The summed E-state index contributed by atoms with van der Waals surface area (Å²) in [4.78, 5) is 16.1. The van der Waals surface area contributed by atoms with Crippen molar-refractivity contribution < 1.29 is 14.3 Å². The second kappa shape index (κ2) is 13.2. The highest BCUT2D eigenvalue weighted by Crippen LogP contribution is 2.37. The number of pyridine rings is 1. The second-order valence-electron chi connectivity index (χ2n) is 9.55. The Morgan fingerprint density at radius 2 is 1.59 bits per heavy atom. The molecule has 5 rings (SSSR count). The van der Waals surface area contributed by atoms with Crippen molar-refractivity contribution in [1.29, 1.82) is 0 Å². The average Bonchev–Trinajstić information content (AvgIpc) is 3.35. The maximum absolute atomic E-state index is 12.0. The SMILES string of the molecule is CCNC(=O)Nc1ccc([C@@H](Cc2ccncc2)c2ccc(OC)c(OC3Cc4ccccc4C3)c2)cc1.Cl. The van der Waals surface area contributed by atoms with Gasteiger partial charge in [-0.15, -0.1) is 12.4 Å². The van der Waals surface area contributed by atoms with E-state index in [4.69, 9.17) is 9.47 Å². The predicted octanol–water partition coefficient (Wildman–Crippen LogP) is 6.57. The number of hydrogen-bond acceptors (Lipinski definition) is 4. The van der Waals surface area contributed by atoms with Gasteiger partial charge in [0.05, 0.1) is 7.11 Å². The fraction of sp³-hybridized carbons (Fsp3) is 0.250. The van der Waals surface area contributed by atoms with E-state index in [1.165, 1.54) is 16.7 Å². The van der Waals surface area contributed by atoms with E-state index in [2.05, 4.69) is 76.3 Å². The van der Waals surface area contributed by atoms with Gasteiger partial charge in [-0.25, -0.2) is 4.79 Å². The lowest BCUT2D eigenvalue weighted by molar-refractivity contribution is 0.204. The monoisotopic (exact) mass is 543 g/mol. The van der Waals surface area contributed by atoms with Crippen molar-refractivity contribution in [2.24, 2.45) is 0 Å². The van der Waals surface area contributed by atoms with E-state index >= 15 is 0 Å². The van der Waals surface area contributed by atoms with E-state index in [-0.39, 0.29) is 30.5 Å². The molecule has 202 valence electrons. The van der Waals surface area contributed by atoms with Gasteiger partial charge in [0, 0.05) is 43.4 Å². The van der Waals surface area contributed by atoms with Gasteiger partial charge in [-0.1, -0.05) is 42.5 Å². The number of anilines is 1. The normalized spacial score (nSPS) is 13.1. The Morgan fingerprint density at radius 1 is 0.923 bits per heavy atom. The van der Waals surface area contributed by atoms with Crippen LogP contribution in [0.1, 0.15) is 40.7 Å². The first kappa shape index (κ1) is 28.0. The van der Waals surface area contributed by atoms with Gasteiger partial charge in [0.1, 0.15) is 6.10 Å². The summed E-state index contributed by atoms with van der Waals surface area (Å²) in [5, 5.41) is 5.64. The molecular weight excluding hydrogens is 510 g/mol. The fourth-order valence-corrected chi connectivity index (χ4v) is 5.10. The third-order valence-corrected chi connectivity index (χ3v) is 6.99. The number of benzene rings is 3. The number of nitrogens with one attached hydrogen (secondary N) is 2. The predicted molar refractivity (Wildman–Crippen MR) is 157 cm³/mol. The molecule has 1 aliphatic rings. The molecule has 0 spiro atoms. The highest BCUT2D eigenvalue weighted by Gasteiger charge is 2.25. The molecule has 1 aliphatic carbocycles. The lowest BCUT2D eigenvalue weighted by Crippen LogP contribution is -2.28. The summed E-state index contributed by atoms with van der Waals surface area (Å²) in [5.74, 6) is 1.57. The van der Waals surface area contributed by atoms with Crippen LogP contribution >= 0.6 is 12.4 Å². The topological polar surface area (TPSA) is 72.5 Å². The van der Waals surface area contributed by atoms with Crippen LogP contribution in [0.2, 0.25) is 0 Å². The van der Waals surface area contributed by atoms with Crippen molar-refractivity contribution >= 4 is 24.1 Å². The first-order chi connectivity index (χ1) is 18.6. The Kier molecular flexibility index (Phi) is 9.45. The second-order valence-corrected chi connectivity index (χ2v) is 9.55. The molecule has 1 aromatic heterocycles. The van der Waals surface area contributed by atoms with Gasteiger partial charge < -0.3 is 20.1 Å². The number of fused-ring (bicyclic) bond motifs is 1. The molecular formula is C32H34ClN3O3. The molecule has 0 bridgehead atoms. The number of amides is 2. The zero-order valence-corrected chi connectivity index (χ0v) is 23.0. The number of methoxy groups -OCH3 is 1. The number of hydrogen-bond donors (Lipinski definition) is 2. The lowest BCUT2D eigenvalue weighted by atomic mass is 9.86. The summed E-state index contributed by atoms with van der Waals surface area (Å²) in [6.45, 7) is 2.47. The van der Waals surface area contributed by atoms with E-state index in [1.807, 2.05) is 37.5 Å². The van der Waals surface area contributed by atoms with Crippen LogP contribution in [0.25, 0.3) is 0 Å². The van der Waals surface area contributed by atoms with E-state index in [9.17, 15) is 4.79 Å². The van der Waals surface area contributed by atoms with Crippen LogP contribution in [-0.2, 0) is 19.3 Å². The van der Waals surface area contributed by atoms with Gasteiger partial charge in [0.2, 0.25) is 0 Å². The maximum atomic E-state index is 12.0. The summed E-state index contributed by atoms with van der Waals surface area (Å²) in [7, 11) is 1.68. The Balaban J connectivity index is 0.00000353. The Hall–Kier alpha value is -4.03. The van der Waals surface area contributed by atoms with E-state index in [1.54, 1.807) is 7.11 Å². The third kappa shape index (κ3) is 6.89. The molecule has 2 amide bonds. The Bertz CT molecular complexity index is 1350. The van der Waals surface area contributed by atoms with Crippen LogP contribution in [0.15, 0.2) is 91.3 Å². The third-order valence-electron chi connectivity index (χ3n) is 6.99. The van der Waals surface area contributed by atoms with Crippen molar-refractivity contribution in [3.63, 3.8) is 0 Å². The number of carbonyl (C=O) groups is 1. The summed E-state index contributed by atoms with van der Waals surface area (Å²) in [6.07, 6.45) is 6.31. The zero-order chi connectivity index (χ0) is 26.3. The van der Waals surface area contributed by atoms with Crippen LogP contribution in [0.4, 0.5) is 10.5 Å². The molecule has 3 aromatic carbocycles. The number of rotatable bonds is 9. The quantitative estimate of drug-likeness (QED) is 0.250. The maximum Gasteiger partial charge on any atom is 0.319 e. The number of aromatic nitrogens is 1. The van der Waals surface area contributed by atoms with Crippen LogP contribution in [-0.4, -0.2) is 30.8 Å². The van der Waals surface area contributed by atoms with Crippen LogP contribution in [0, 0.1) is 0 Å². The molecule has 1 atom stereocenters. The minimum Gasteiger partial charge on any atom is -0.493 e. The smallest absolute Gasteiger partial charge is 0.319 e. The summed E-state index contributed by atoms with van der Waals surface area (Å²) >= 11 is 0. The molecule has 39 heavy (non-hydrogen) atoms. The summed E-state index contributed by atoms with van der Waals surface area (Å²) in [6, 6.07) is 26.7. The number of urea groups is 1. The van der Waals surface area contributed by atoms with E-state index in [0.29, 0.717) is 6.54 Å². The molecule has 0 unspecified atom stereocenters.